The topological polar surface area (TPSA) is 141 Å². The SMILES string of the molecule is CC[Si](CC)(CC)O[C@H]1C[C@@]2(O)[C@@H](C)C3[C@]4(C)CO[C@@H]4C[C@H](OC)[C@@]3(C)C(=O)[C@H](C)C(=C1C)C2(C)C.CO[C@H]1C[C@H]2OC[C@@]2(C)C2[C@H](C)[C@]3(O)C[C@H](O)C(C)=C([C@@H](C)C(=O)[C@@]21C)C3(C)C. The smallest absolute Gasteiger partial charge is 0.192 e. The summed E-state index contributed by atoms with van der Waals surface area (Å²) in [6.45, 7) is 37.5. The zero-order chi connectivity index (χ0) is 48.8. The molecule has 18 atom stereocenters. The molecular weight excluding hydrogens is 837 g/mol. The monoisotopic (exact) mass is 927 g/mol. The quantitative estimate of drug-likeness (QED) is 0.167. The van der Waals surface area contributed by atoms with Crippen molar-refractivity contribution in [2.24, 2.45) is 68.0 Å². The Morgan fingerprint density at radius 2 is 1.00 bits per heavy atom. The largest absolute Gasteiger partial charge is 0.410 e. The second-order valence-corrected chi connectivity index (χ2v) is 29.6. The van der Waals surface area contributed by atoms with Crippen LogP contribution in [0.5, 0.6) is 0 Å². The number of fused-ring (bicyclic) bond motifs is 10. The van der Waals surface area contributed by atoms with Gasteiger partial charge in [0, 0.05) is 73.4 Å². The standard InChI is InChI=1S/C30H52O5Si.C24H38O5/c1-12-36(13-2,14-3)35-21-16-30(32)20(6)25-28(9)17-34-22(28)15-23(33-11)29(25,10)26(31)19(5)24(18(21)4)27(30,7)8;1-12-15(25)10-24(27)14(3)19-22(6)11-29-16(22)9-17(28-8)23(19,7)20(26)13(2)18(12)21(24,4)5/h19-23,25,32H,12-17H2,1-11H3;13-17,19,25,27H,9-11H2,1-8H3/t19-,20+,21+,22-,23+,25?,28-,29-,30-;13-,14+,15+,16-,17+,19?,22-,23-,24-/m11/s1. The molecule has 8 aliphatic rings. The minimum atomic E-state index is -1.93. The summed E-state index contributed by atoms with van der Waals surface area (Å²) >= 11 is 0. The predicted octanol–water partition coefficient (Wildman–Crippen LogP) is 9.28. The normalized spacial score (nSPS) is 49.8. The summed E-state index contributed by atoms with van der Waals surface area (Å²) in [5.41, 5.74) is -1.04. The van der Waals surface area contributed by atoms with Crippen LogP contribution in [0.4, 0.5) is 0 Å². The van der Waals surface area contributed by atoms with E-state index < -0.39 is 47.3 Å². The van der Waals surface area contributed by atoms with Crippen LogP contribution in [0, 0.1) is 68.0 Å². The summed E-state index contributed by atoms with van der Waals surface area (Å²) < 4.78 is 31.1. The van der Waals surface area contributed by atoms with Gasteiger partial charge in [-0.05, 0) is 86.2 Å². The van der Waals surface area contributed by atoms with Gasteiger partial charge in [0.25, 0.3) is 0 Å². The van der Waals surface area contributed by atoms with Crippen LogP contribution in [-0.4, -0.2) is 110 Å². The third-order valence-corrected chi connectivity index (χ3v) is 26.7. The zero-order valence-corrected chi connectivity index (χ0v) is 45.0. The first-order valence-electron chi connectivity index (χ1n) is 25.5. The molecule has 4 saturated carbocycles. The fraction of sp³-hybridized carbons (Fsp3) is 0.889. The van der Waals surface area contributed by atoms with E-state index in [4.69, 9.17) is 23.4 Å². The van der Waals surface area contributed by atoms with Crippen molar-refractivity contribution in [3.8, 4) is 0 Å². The van der Waals surface area contributed by atoms with Crippen LogP contribution in [-0.2, 0) is 33.0 Å². The molecule has 0 spiro atoms. The molecule has 0 aromatic rings. The molecule has 11 heteroatoms. The average molecular weight is 927 g/mol. The lowest BCUT2D eigenvalue weighted by Gasteiger charge is -2.69. The summed E-state index contributed by atoms with van der Waals surface area (Å²) in [6, 6.07) is 3.20. The van der Waals surface area contributed by atoms with Gasteiger partial charge in [0.2, 0.25) is 0 Å². The molecule has 0 aromatic carbocycles. The Morgan fingerprint density at radius 1 is 0.631 bits per heavy atom. The predicted molar refractivity (Wildman–Crippen MR) is 257 cm³/mol. The molecule has 3 N–H and O–H groups in total. The number of methoxy groups -OCH3 is 2. The maximum Gasteiger partial charge on any atom is 0.192 e. The minimum absolute atomic E-state index is 0.0347. The van der Waals surface area contributed by atoms with E-state index >= 15 is 0 Å². The summed E-state index contributed by atoms with van der Waals surface area (Å²) in [5.74, 6) is -0.738. The molecule has 65 heavy (non-hydrogen) atoms. The first-order valence-corrected chi connectivity index (χ1v) is 28.1. The fourth-order valence-corrected chi connectivity index (χ4v) is 20.8. The van der Waals surface area contributed by atoms with Gasteiger partial charge in [0.15, 0.2) is 8.32 Å². The van der Waals surface area contributed by atoms with Crippen molar-refractivity contribution < 1.29 is 48.3 Å². The number of carbonyl (C=O) groups is 2. The zero-order valence-electron chi connectivity index (χ0n) is 44.0. The van der Waals surface area contributed by atoms with Crippen LogP contribution in [0.25, 0.3) is 0 Å². The second kappa shape index (κ2) is 16.4. The number of Topliss-reactive ketones (excluding diaryl/α,β-unsaturated/α-hetero) is 2. The number of rotatable bonds is 7. The van der Waals surface area contributed by atoms with Crippen molar-refractivity contribution in [3.05, 3.63) is 22.3 Å². The molecule has 0 radical (unpaired) electrons. The Morgan fingerprint density at radius 3 is 1.34 bits per heavy atom. The van der Waals surface area contributed by atoms with Crippen molar-refractivity contribution in [2.75, 3.05) is 27.4 Å². The number of hydrogen-bond acceptors (Lipinski definition) is 10. The van der Waals surface area contributed by atoms with Gasteiger partial charge in [-0.15, -0.1) is 0 Å². The molecule has 0 amide bonds. The van der Waals surface area contributed by atoms with E-state index in [0.717, 1.165) is 41.3 Å². The lowest BCUT2D eigenvalue weighted by Crippen LogP contribution is -2.74. The number of hydrogen-bond donors (Lipinski definition) is 3. The third kappa shape index (κ3) is 6.49. The van der Waals surface area contributed by atoms with Gasteiger partial charge >= 0.3 is 0 Å². The molecule has 2 unspecified atom stereocenters. The highest BCUT2D eigenvalue weighted by molar-refractivity contribution is 6.73. The number of ketones is 2. The van der Waals surface area contributed by atoms with Crippen molar-refractivity contribution in [3.63, 3.8) is 0 Å². The van der Waals surface area contributed by atoms with Crippen LogP contribution in [0.1, 0.15) is 143 Å². The first kappa shape index (κ1) is 51.6. The molecule has 0 aromatic heterocycles. The van der Waals surface area contributed by atoms with E-state index in [1.54, 1.807) is 14.2 Å². The minimum Gasteiger partial charge on any atom is -0.410 e. The van der Waals surface area contributed by atoms with Crippen LogP contribution < -0.4 is 0 Å². The number of aliphatic hydroxyl groups excluding tert-OH is 1. The molecular formula is C54H90O10Si. The van der Waals surface area contributed by atoms with Gasteiger partial charge in [0.1, 0.15) is 11.6 Å². The Bertz CT molecular complexity index is 1960. The summed E-state index contributed by atoms with van der Waals surface area (Å²) in [5, 5.41) is 36.1. The highest BCUT2D eigenvalue weighted by Crippen LogP contribution is 2.70. The van der Waals surface area contributed by atoms with E-state index in [1.807, 2.05) is 27.7 Å². The molecule has 370 valence electrons. The van der Waals surface area contributed by atoms with E-state index in [0.29, 0.717) is 32.5 Å². The Kier molecular flexibility index (Phi) is 13.0. The van der Waals surface area contributed by atoms with Crippen LogP contribution >= 0.6 is 0 Å². The molecule has 2 aliphatic heterocycles. The van der Waals surface area contributed by atoms with E-state index in [1.165, 1.54) is 5.57 Å². The van der Waals surface area contributed by atoms with Gasteiger partial charge in [-0.2, -0.15) is 0 Å². The van der Waals surface area contributed by atoms with Crippen LogP contribution in [0.3, 0.4) is 0 Å². The molecule has 2 saturated heterocycles. The number of ether oxygens (including phenoxy) is 4. The molecule has 6 fully saturated rings. The van der Waals surface area contributed by atoms with E-state index in [2.05, 4.69) is 90.0 Å². The first-order chi connectivity index (χ1) is 29.9. The maximum atomic E-state index is 14.7. The maximum absolute atomic E-state index is 14.7. The van der Waals surface area contributed by atoms with Crippen molar-refractivity contribution >= 4 is 19.9 Å². The molecule has 4 bridgehead atoms. The molecule has 8 rings (SSSR count). The molecule has 2 heterocycles. The summed E-state index contributed by atoms with van der Waals surface area (Å²) in [7, 11) is 1.49. The van der Waals surface area contributed by atoms with Crippen LogP contribution in [0.2, 0.25) is 18.1 Å². The van der Waals surface area contributed by atoms with Crippen molar-refractivity contribution in [1.29, 1.82) is 0 Å². The van der Waals surface area contributed by atoms with Crippen molar-refractivity contribution in [1.82, 2.24) is 0 Å². The van der Waals surface area contributed by atoms with Gasteiger partial charge in [-0.1, -0.05) is 95.6 Å². The highest BCUT2D eigenvalue weighted by atomic mass is 28.4. The lowest BCUT2D eigenvalue weighted by atomic mass is 9.40. The van der Waals surface area contributed by atoms with Gasteiger partial charge in [-0.25, -0.2) is 0 Å². The van der Waals surface area contributed by atoms with E-state index in [-0.39, 0.29) is 88.4 Å². The lowest BCUT2D eigenvalue weighted by molar-refractivity contribution is -0.303. The van der Waals surface area contributed by atoms with Gasteiger partial charge in [0.05, 0.1) is 71.9 Å². The molecule has 10 nitrogen and oxygen atoms in total. The fourth-order valence-electron chi connectivity index (χ4n) is 18.0. The summed E-state index contributed by atoms with van der Waals surface area (Å²) in [6.07, 6.45) is 1.06. The Balaban J connectivity index is 0.000000198. The highest BCUT2D eigenvalue weighted by Gasteiger charge is 2.74. The van der Waals surface area contributed by atoms with Gasteiger partial charge in [-0.3, -0.25) is 9.59 Å². The average Bonchev–Trinajstić information content (AvgIpc) is 3.24. The van der Waals surface area contributed by atoms with E-state index in [9.17, 15) is 24.9 Å². The summed E-state index contributed by atoms with van der Waals surface area (Å²) in [4.78, 5) is 28.9. The Hall–Kier alpha value is -1.28. The third-order valence-electron chi connectivity index (χ3n) is 22.0. The van der Waals surface area contributed by atoms with Crippen LogP contribution in [0.15, 0.2) is 22.3 Å². The van der Waals surface area contributed by atoms with Crippen molar-refractivity contribution in [2.45, 2.75) is 209 Å². The number of aliphatic hydroxyl groups is 3. The second-order valence-electron chi connectivity index (χ2n) is 24.9. The van der Waals surface area contributed by atoms with Gasteiger partial charge < -0.3 is 38.7 Å². The molecule has 6 aliphatic carbocycles. The Labute approximate surface area is 393 Å². The number of carbonyl (C=O) groups excluding carboxylic acids is 2.